The highest BCUT2D eigenvalue weighted by molar-refractivity contribution is 5.82. The van der Waals surface area contributed by atoms with Crippen molar-refractivity contribution in [3.63, 3.8) is 0 Å². The first kappa shape index (κ1) is 15.4. The summed E-state index contributed by atoms with van der Waals surface area (Å²) in [5.41, 5.74) is 0.121. The molecule has 0 saturated heterocycles. The van der Waals surface area contributed by atoms with Crippen LogP contribution in [0.3, 0.4) is 0 Å². The van der Waals surface area contributed by atoms with Gasteiger partial charge in [0, 0.05) is 6.54 Å². The highest BCUT2D eigenvalue weighted by Crippen LogP contribution is 2.30. The molecule has 1 N–H and O–H groups in total. The third-order valence-electron chi connectivity index (χ3n) is 3.06. The first-order valence-corrected chi connectivity index (χ1v) is 6.56. The molecule has 1 aromatic rings. The van der Waals surface area contributed by atoms with Gasteiger partial charge in [0.2, 0.25) is 0 Å². The predicted molar refractivity (Wildman–Crippen MR) is 77.8 cm³/mol. The summed E-state index contributed by atoms with van der Waals surface area (Å²) in [5, 5.41) is 3.29. The maximum atomic E-state index is 12.4. The lowest BCUT2D eigenvalue weighted by Gasteiger charge is -2.34. The second-order valence-electron chi connectivity index (χ2n) is 5.03. The van der Waals surface area contributed by atoms with Crippen LogP contribution in [-0.4, -0.2) is 19.6 Å². The highest BCUT2D eigenvalue weighted by atomic mass is 16.5. The van der Waals surface area contributed by atoms with Gasteiger partial charge in [0.15, 0.2) is 0 Å². The molecule has 1 unspecified atom stereocenters. The Hall–Kier alpha value is -1.61. The van der Waals surface area contributed by atoms with E-state index < -0.39 is 5.54 Å². The van der Waals surface area contributed by atoms with Gasteiger partial charge in [-0.15, -0.1) is 6.58 Å². The minimum atomic E-state index is -0.807. The Morgan fingerprint density at radius 3 is 2.53 bits per heavy atom. The average molecular weight is 261 g/mol. The van der Waals surface area contributed by atoms with E-state index in [0.29, 0.717) is 18.9 Å². The molecule has 1 rings (SSSR count). The van der Waals surface area contributed by atoms with E-state index >= 15 is 0 Å². The second kappa shape index (κ2) is 7.10. The molecule has 19 heavy (non-hydrogen) atoms. The van der Waals surface area contributed by atoms with E-state index in [4.69, 9.17) is 4.74 Å². The van der Waals surface area contributed by atoms with Crippen molar-refractivity contribution in [1.29, 1.82) is 0 Å². The number of methoxy groups -OCH3 is 1. The van der Waals surface area contributed by atoms with E-state index in [0.717, 1.165) is 5.56 Å². The Morgan fingerprint density at radius 2 is 2.05 bits per heavy atom. The molecule has 1 atom stereocenters. The van der Waals surface area contributed by atoms with Crippen molar-refractivity contribution in [3.8, 4) is 0 Å². The van der Waals surface area contributed by atoms with Crippen molar-refractivity contribution < 1.29 is 9.53 Å². The van der Waals surface area contributed by atoms with E-state index in [1.807, 2.05) is 30.3 Å². The molecule has 0 aromatic heterocycles. The number of nitrogens with one attached hydrogen (secondary N) is 1. The molecule has 0 amide bonds. The molecule has 0 bridgehead atoms. The summed E-state index contributed by atoms with van der Waals surface area (Å²) >= 11 is 0. The Kier molecular flexibility index (Phi) is 5.77. The molecule has 104 valence electrons. The van der Waals surface area contributed by atoms with Gasteiger partial charge >= 0.3 is 5.97 Å². The lowest BCUT2D eigenvalue weighted by atomic mass is 9.82. The van der Waals surface area contributed by atoms with Crippen molar-refractivity contribution in [2.24, 2.45) is 5.92 Å². The van der Waals surface area contributed by atoms with Crippen molar-refractivity contribution in [2.75, 3.05) is 13.7 Å². The second-order valence-corrected chi connectivity index (χ2v) is 5.03. The van der Waals surface area contributed by atoms with Gasteiger partial charge in [-0.05, 0) is 17.9 Å². The Bertz CT molecular complexity index is 414. The smallest absolute Gasteiger partial charge is 0.330 e. The van der Waals surface area contributed by atoms with Crippen LogP contribution in [0.4, 0.5) is 0 Å². The van der Waals surface area contributed by atoms with Crippen LogP contribution in [0.2, 0.25) is 0 Å². The molecular formula is C16H23NO2. The molecule has 0 aliphatic heterocycles. The van der Waals surface area contributed by atoms with Crippen LogP contribution in [-0.2, 0) is 15.1 Å². The van der Waals surface area contributed by atoms with Gasteiger partial charge < -0.3 is 4.74 Å². The Balaban J connectivity index is 3.24. The lowest BCUT2D eigenvalue weighted by molar-refractivity contribution is -0.150. The standard InChI is InChI=1S/C16H23NO2/c1-5-11-17-16(12-13(2)3,15(18)19-4)14-9-7-6-8-10-14/h5-10,13,17H,1,11-12H2,2-4H3. The summed E-state index contributed by atoms with van der Waals surface area (Å²) in [6.07, 6.45) is 2.43. The first-order valence-electron chi connectivity index (χ1n) is 6.56. The van der Waals surface area contributed by atoms with Crippen molar-refractivity contribution in [1.82, 2.24) is 5.32 Å². The van der Waals surface area contributed by atoms with Gasteiger partial charge in [-0.25, -0.2) is 4.79 Å². The third-order valence-corrected chi connectivity index (χ3v) is 3.06. The fraction of sp³-hybridized carbons (Fsp3) is 0.438. The number of hydrogen-bond acceptors (Lipinski definition) is 3. The molecule has 3 heteroatoms. The molecule has 0 aliphatic rings. The summed E-state index contributed by atoms with van der Waals surface area (Å²) in [6, 6.07) is 9.71. The minimum Gasteiger partial charge on any atom is -0.467 e. The van der Waals surface area contributed by atoms with Crippen LogP contribution < -0.4 is 5.32 Å². The van der Waals surface area contributed by atoms with E-state index in [1.54, 1.807) is 6.08 Å². The van der Waals surface area contributed by atoms with Gasteiger partial charge in [-0.1, -0.05) is 50.3 Å². The zero-order valence-corrected chi connectivity index (χ0v) is 12.0. The molecule has 0 radical (unpaired) electrons. The van der Waals surface area contributed by atoms with Gasteiger partial charge in [0.25, 0.3) is 0 Å². The average Bonchev–Trinajstić information content (AvgIpc) is 2.43. The van der Waals surface area contributed by atoms with E-state index in [2.05, 4.69) is 25.7 Å². The molecule has 3 nitrogen and oxygen atoms in total. The summed E-state index contributed by atoms with van der Waals surface area (Å²) in [5.74, 6) is 0.103. The maximum absolute atomic E-state index is 12.4. The monoisotopic (exact) mass is 261 g/mol. The van der Waals surface area contributed by atoms with Gasteiger partial charge in [-0.2, -0.15) is 0 Å². The van der Waals surface area contributed by atoms with E-state index in [-0.39, 0.29) is 5.97 Å². The van der Waals surface area contributed by atoms with Gasteiger partial charge in [0.05, 0.1) is 7.11 Å². The van der Waals surface area contributed by atoms with Crippen molar-refractivity contribution >= 4 is 5.97 Å². The molecule has 0 aliphatic carbocycles. The number of rotatable bonds is 7. The Morgan fingerprint density at radius 1 is 1.42 bits per heavy atom. The van der Waals surface area contributed by atoms with Gasteiger partial charge in [0.1, 0.15) is 5.54 Å². The summed E-state index contributed by atoms with van der Waals surface area (Å²) in [7, 11) is 1.43. The molecule has 0 saturated carbocycles. The highest BCUT2D eigenvalue weighted by Gasteiger charge is 2.41. The number of esters is 1. The molecular weight excluding hydrogens is 238 g/mol. The van der Waals surface area contributed by atoms with Gasteiger partial charge in [-0.3, -0.25) is 5.32 Å². The molecule has 0 spiro atoms. The topological polar surface area (TPSA) is 38.3 Å². The molecule has 0 fully saturated rings. The summed E-state index contributed by atoms with van der Waals surface area (Å²) in [4.78, 5) is 12.4. The van der Waals surface area contributed by atoms with Crippen LogP contribution in [0, 0.1) is 5.92 Å². The minimum absolute atomic E-state index is 0.255. The third kappa shape index (κ3) is 3.67. The number of benzene rings is 1. The predicted octanol–water partition coefficient (Wildman–Crippen LogP) is 2.88. The van der Waals surface area contributed by atoms with Crippen LogP contribution in [0.25, 0.3) is 0 Å². The fourth-order valence-electron chi connectivity index (χ4n) is 2.32. The summed E-state index contributed by atoms with van der Waals surface area (Å²) < 4.78 is 5.03. The number of hydrogen-bond donors (Lipinski definition) is 1. The normalized spacial score (nSPS) is 13.9. The SMILES string of the molecule is C=CCNC(CC(C)C)(C(=O)OC)c1ccccc1. The lowest BCUT2D eigenvalue weighted by Crippen LogP contribution is -2.50. The fourth-order valence-corrected chi connectivity index (χ4v) is 2.32. The number of ether oxygens (including phenoxy) is 1. The maximum Gasteiger partial charge on any atom is 0.330 e. The van der Waals surface area contributed by atoms with E-state index in [1.165, 1.54) is 7.11 Å². The largest absolute Gasteiger partial charge is 0.467 e. The number of carbonyl (C=O) groups is 1. The zero-order valence-electron chi connectivity index (χ0n) is 12.0. The van der Waals surface area contributed by atoms with Crippen molar-refractivity contribution in [3.05, 3.63) is 48.6 Å². The summed E-state index contributed by atoms with van der Waals surface area (Å²) in [6.45, 7) is 8.45. The zero-order chi connectivity index (χ0) is 14.3. The molecule has 1 aromatic carbocycles. The van der Waals surface area contributed by atoms with Crippen LogP contribution in [0.15, 0.2) is 43.0 Å². The molecule has 0 heterocycles. The number of carbonyl (C=O) groups excluding carboxylic acids is 1. The van der Waals surface area contributed by atoms with Crippen LogP contribution >= 0.6 is 0 Å². The quantitative estimate of drug-likeness (QED) is 0.606. The van der Waals surface area contributed by atoms with Crippen molar-refractivity contribution in [2.45, 2.75) is 25.8 Å². The first-order chi connectivity index (χ1) is 9.06. The van der Waals surface area contributed by atoms with E-state index in [9.17, 15) is 4.79 Å². The van der Waals surface area contributed by atoms with Crippen LogP contribution in [0.1, 0.15) is 25.8 Å². The Labute approximate surface area is 115 Å². The van der Waals surface area contributed by atoms with Crippen LogP contribution in [0.5, 0.6) is 0 Å².